The van der Waals surface area contributed by atoms with Crippen LogP contribution in [0.1, 0.15) is 18.9 Å². The minimum atomic E-state index is -1.67. The Morgan fingerprint density at radius 2 is 1.96 bits per heavy atom. The maximum atomic E-state index is 13.6. The topological polar surface area (TPSA) is 62.3 Å². The van der Waals surface area contributed by atoms with Gasteiger partial charge in [0.2, 0.25) is 11.8 Å². The molecule has 5 nitrogen and oxygen atoms in total. The van der Waals surface area contributed by atoms with Crippen LogP contribution in [0.25, 0.3) is 6.08 Å². The summed E-state index contributed by atoms with van der Waals surface area (Å²) < 4.78 is 39.8. The molecule has 2 rings (SSSR count). The average molecular weight is 377 g/mol. The second-order valence-electron chi connectivity index (χ2n) is 5.65. The zero-order valence-electron chi connectivity index (χ0n) is 14.6. The number of pyridine rings is 1. The van der Waals surface area contributed by atoms with E-state index in [1.165, 1.54) is 11.0 Å². The lowest BCUT2D eigenvalue weighted by molar-refractivity contribution is -0.130. The molecule has 0 aliphatic carbocycles. The lowest BCUT2D eigenvalue weighted by Crippen LogP contribution is -2.37. The van der Waals surface area contributed by atoms with Crippen molar-refractivity contribution < 1.29 is 22.8 Å². The van der Waals surface area contributed by atoms with Crippen LogP contribution in [-0.4, -0.2) is 34.8 Å². The van der Waals surface area contributed by atoms with E-state index in [9.17, 15) is 22.8 Å². The molecule has 0 aliphatic rings. The Bertz CT molecular complexity index is 842. The van der Waals surface area contributed by atoms with Gasteiger partial charge < -0.3 is 10.2 Å². The number of carbonyl (C=O) groups is 2. The fourth-order valence-electron chi connectivity index (χ4n) is 2.27. The van der Waals surface area contributed by atoms with Crippen LogP contribution in [0.4, 0.5) is 18.9 Å². The molecule has 142 valence electrons. The van der Waals surface area contributed by atoms with E-state index in [-0.39, 0.29) is 6.54 Å². The van der Waals surface area contributed by atoms with E-state index in [1.54, 1.807) is 30.6 Å². The van der Waals surface area contributed by atoms with Crippen molar-refractivity contribution in [3.05, 3.63) is 65.8 Å². The van der Waals surface area contributed by atoms with Gasteiger partial charge in [0.25, 0.3) is 0 Å². The molecule has 0 bridgehead atoms. The molecule has 0 radical (unpaired) electrons. The molecular weight excluding hydrogens is 359 g/mol. The molecule has 27 heavy (non-hydrogen) atoms. The highest BCUT2D eigenvalue weighted by molar-refractivity contribution is 5.98. The Morgan fingerprint density at radius 1 is 1.19 bits per heavy atom. The van der Waals surface area contributed by atoms with E-state index >= 15 is 0 Å². The van der Waals surface area contributed by atoms with Crippen molar-refractivity contribution in [1.82, 2.24) is 9.88 Å². The minimum Gasteiger partial charge on any atom is -0.330 e. The first-order valence-corrected chi connectivity index (χ1v) is 8.22. The Labute approximate surface area is 154 Å². The highest BCUT2D eigenvalue weighted by Gasteiger charge is 2.18. The van der Waals surface area contributed by atoms with Crippen molar-refractivity contribution in [2.75, 3.05) is 18.4 Å². The third-order valence-electron chi connectivity index (χ3n) is 3.55. The number of hydrogen-bond acceptors (Lipinski definition) is 3. The van der Waals surface area contributed by atoms with E-state index < -0.39 is 35.0 Å². The van der Waals surface area contributed by atoms with Gasteiger partial charge in [0.1, 0.15) is 6.54 Å². The summed E-state index contributed by atoms with van der Waals surface area (Å²) in [7, 11) is 0. The number of halogens is 3. The number of nitrogens with one attached hydrogen (secondary N) is 1. The second-order valence-corrected chi connectivity index (χ2v) is 5.65. The van der Waals surface area contributed by atoms with Gasteiger partial charge in [0.15, 0.2) is 17.5 Å². The normalized spacial score (nSPS) is 10.8. The average Bonchev–Trinajstić information content (AvgIpc) is 2.67. The fourth-order valence-corrected chi connectivity index (χ4v) is 2.27. The summed E-state index contributed by atoms with van der Waals surface area (Å²) in [6.45, 7) is 1.77. The maximum Gasteiger partial charge on any atom is 0.247 e. The Balaban J connectivity index is 2.04. The summed E-state index contributed by atoms with van der Waals surface area (Å²) in [4.78, 5) is 29.6. The van der Waals surface area contributed by atoms with Gasteiger partial charge in [-0.3, -0.25) is 14.6 Å². The van der Waals surface area contributed by atoms with Gasteiger partial charge in [-0.05, 0) is 36.3 Å². The fraction of sp³-hybridized carbons (Fsp3) is 0.211. The number of carbonyl (C=O) groups excluding carboxylic acids is 2. The predicted octanol–water partition coefficient (Wildman–Crippen LogP) is 3.39. The Morgan fingerprint density at radius 3 is 2.63 bits per heavy atom. The summed E-state index contributed by atoms with van der Waals surface area (Å²) in [5, 5.41) is 2.15. The monoisotopic (exact) mass is 377 g/mol. The van der Waals surface area contributed by atoms with E-state index in [4.69, 9.17) is 0 Å². The third kappa shape index (κ3) is 5.67. The molecule has 2 aromatic rings. The first-order chi connectivity index (χ1) is 12.9. The molecule has 1 aromatic carbocycles. The number of hydrogen-bond donors (Lipinski definition) is 1. The van der Waals surface area contributed by atoms with Crippen LogP contribution in [0.2, 0.25) is 0 Å². The van der Waals surface area contributed by atoms with Crippen molar-refractivity contribution >= 4 is 23.6 Å². The summed E-state index contributed by atoms with van der Waals surface area (Å²) >= 11 is 0. The SMILES string of the molecule is CCCN(CC(=O)Nc1ccc(F)c(F)c1F)C(=O)/C=C/c1cccnc1. The van der Waals surface area contributed by atoms with Crippen molar-refractivity contribution in [3.63, 3.8) is 0 Å². The first-order valence-electron chi connectivity index (χ1n) is 8.22. The van der Waals surface area contributed by atoms with E-state index in [2.05, 4.69) is 10.3 Å². The van der Waals surface area contributed by atoms with Crippen LogP contribution in [0.3, 0.4) is 0 Å². The summed E-state index contributed by atoms with van der Waals surface area (Å²) in [5.41, 5.74) is 0.226. The number of benzene rings is 1. The smallest absolute Gasteiger partial charge is 0.247 e. The molecule has 2 amide bonds. The van der Waals surface area contributed by atoms with Gasteiger partial charge in [-0.25, -0.2) is 13.2 Å². The van der Waals surface area contributed by atoms with Crippen molar-refractivity contribution in [1.29, 1.82) is 0 Å². The lowest BCUT2D eigenvalue weighted by Gasteiger charge is -2.20. The van der Waals surface area contributed by atoms with Gasteiger partial charge in [0.05, 0.1) is 5.69 Å². The second kappa shape index (κ2) is 9.51. The Kier molecular flexibility index (Phi) is 7.10. The van der Waals surface area contributed by atoms with Crippen LogP contribution in [0.5, 0.6) is 0 Å². The number of nitrogens with zero attached hydrogens (tertiary/aromatic N) is 2. The van der Waals surface area contributed by atoms with Crippen LogP contribution in [0.15, 0.2) is 42.7 Å². The molecule has 1 aromatic heterocycles. The number of rotatable bonds is 7. The molecule has 8 heteroatoms. The molecule has 1 heterocycles. The summed E-state index contributed by atoms with van der Waals surface area (Å²) in [6, 6.07) is 5.11. The number of anilines is 1. The number of amides is 2. The largest absolute Gasteiger partial charge is 0.330 e. The molecular formula is C19H18F3N3O2. The zero-order chi connectivity index (χ0) is 19.8. The van der Waals surface area contributed by atoms with Gasteiger partial charge in [-0.15, -0.1) is 0 Å². The van der Waals surface area contributed by atoms with E-state index in [0.717, 1.165) is 11.6 Å². The molecule has 1 N–H and O–H groups in total. The first kappa shape index (κ1) is 20.2. The van der Waals surface area contributed by atoms with Gasteiger partial charge in [0, 0.05) is 25.0 Å². The van der Waals surface area contributed by atoms with Gasteiger partial charge in [-0.1, -0.05) is 13.0 Å². The highest BCUT2D eigenvalue weighted by Crippen LogP contribution is 2.19. The predicted molar refractivity (Wildman–Crippen MR) is 95.1 cm³/mol. The molecule has 0 saturated heterocycles. The van der Waals surface area contributed by atoms with Crippen molar-refractivity contribution in [3.8, 4) is 0 Å². The van der Waals surface area contributed by atoms with Gasteiger partial charge >= 0.3 is 0 Å². The van der Waals surface area contributed by atoms with Crippen LogP contribution >= 0.6 is 0 Å². The van der Waals surface area contributed by atoms with E-state index in [0.29, 0.717) is 19.0 Å². The molecule has 0 atom stereocenters. The lowest BCUT2D eigenvalue weighted by atomic mass is 10.2. The molecule has 0 fully saturated rings. The van der Waals surface area contributed by atoms with Crippen LogP contribution in [-0.2, 0) is 9.59 Å². The maximum absolute atomic E-state index is 13.6. The molecule has 0 unspecified atom stereocenters. The minimum absolute atomic E-state index is 0.296. The van der Waals surface area contributed by atoms with Crippen LogP contribution in [0, 0.1) is 17.5 Å². The van der Waals surface area contributed by atoms with E-state index in [1.807, 2.05) is 6.92 Å². The highest BCUT2D eigenvalue weighted by atomic mass is 19.2. The molecule has 0 saturated carbocycles. The zero-order valence-corrected chi connectivity index (χ0v) is 14.6. The standard InChI is InChI=1S/C19H18F3N3O2/c1-2-10-25(17(27)8-5-13-4-3-9-23-11-13)12-16(26)24-15-7-6-14(20)18(21)19(15)22/h3-9,11H,2,10,12H2,1H3,(H,24,26)/b8-5+. The van der Waals surface area contributed by atoms with Crippen LogP contribution < -0.4 is 5.32 Å². The number of aromatic nitrogens is 1. The van der Waals surface area contributed by atoms with Crippen molar-refractivity contribution in [2.24, 2.45) is 0 Å². The van der Waals surface area contributed by atoms with Crippen molar-refractivity contribution in [2.45, 2.75) is 13.3 Å². The Hall–Kier alpha value is -3.16. The quantitative estimate of drug-likeness (QED) is 0.594. The third-order valence-corrected chi connectivity index (χ3v) is 3.55. The molecule has 0 aliphatic heterocycles. The summed E-state index contributed by atoms with van der Waals surface area (Å²) in [5.74, 6) is -5.66. The molecule has 0 spiro atoms. The summed E-state index contributed by atoms with van der Waals surface area (Å²) in [6.07, 6.45) is 6.64. The van der Waals surface area contributed by atoms with Gasteiger partial charge in [-0.2, -0.15) is 0 Å².